The molecule has 2 aromatic heterocycles. The molecule has 1 atom stereocenters. The summed E-state index contributed by atoms with van der Waals surface area (Å²) in [5.41, 5.74) is 5.29. The van der Waals surface area contributed by atoms with E-state index in [-0.39, 0.29) is 18.0 Å². The summed E-state index contributed by atoms with van der Waals surface area (Å²) < 4.78 is 15.3. The second kappa shape index (κ2) is 7.33. The van der Waals surface area contributed by atoms with Crippen molar-refractivity contribution in [2.75, 3.05) is 0 Å². The zero-order valence-corrected chi connectivity index (χ0v) is 16.8. The molecule has 0 saturated carbocycles. The van der Waals surface area contributed by atoms with Crippen molar-refractivity contribution in [3.05, 3.63) is 94.2 Å². The Kier molecular flexibility index (Phi) is 4.48. The molecule has 3 heterocycles. The average Bonchev–Trinajstić information content (AvgIpc) is 3.39. The Labute approximate surface area is 177 Å². The Hall–Kier alpha value is -4.05. The summed E-state index contributed by atoms with van der Waals surface area (Å²) in [6.07, 6.45) is 2.50. The molecule has 0 aliphatic carbocycles. The largest absolute Gasteiger partial charge is 0.294 e. The summed E-state index contributed by atoms with van der Waals surface area (Å²) in [7, 11) is 0. The molecule has 1 unspecified atom stereocenters. The van der Waals surface area contributed by atoms with Crippen molar-refractivity contribution in [3.8, 4) is 6.07 Å². The number of hydrogen-bond acceptors (Lipinski definition) is 4. The van der Waals surface area contributed by atoms with Gasteiger partial charge in [0.15, 0.2) is 11.5 Å². The molecule has 6 nitrogen and oxygen atoms in total. The first-order chi connectivity index (χ1) is 15.0. The first kappa shape index (κ1) is 18.9. The van der Waals surface area contributed by atoms with E-state index in [1.165, 1.54) is 12.1 Å². The second-order valence-corrected chi connectivity index (χ2v) is 7.79. The number of aromatic nitrogens is 4. The van der Waals surface area contributed by atoms with Gasteiger partial charge in [0, 0.05) is 29.5 Å². The van der Waals surface area contributed by atoms with E-state index in [0.29, 0.717) is 17.7 Å². The molecule has 0 bridgehead atoms. The van der Waals surface area contributed by atoms with Gasteiger partial charge >= 0.3 is 0 Å². The smallest absolute Gasteiger partial charge is 0.165 e. The first-order valence-corrected chi connectivity index (χ1v) is 9.92. The summed E-state index contributed by atoms with van der Waals surface area (Å²) in [4.78, 5) is 13.5. The molecule has 0 spiro atoms. The van der Waals surface area contributed by atoms with E-state index in [1.807, 2.05) is 25.1 Å². The van der Waals surface area contributed by atoms with Crippen LogP contribution in [-0.4, -0.2) is 25.8 Å². The third-order valence-corrected chi connectivity index (χ3v) is 5.71. The monoisotopic (exact) mass is 411 g/mol. The number of benzene rings is 2. The third-order valence-electron chi connectivity index (χ3n) is 5.71. The number of aromatic amines is 1. The molecule has 2 aromatic carbocycles. The molecule has 1 aliphatic rings. The minimum absolute atomic E-state index is 0.0191. The summed E-state index contributed by atoms with van der Waals surface area (Å²) in [5, 5.41) is 21.6. The molecule has 0 fully saturated rings. The second-order valence-electron chi connectivity index (χ2n) is 7.79. The van der Waals surface area contributed by atoms with Crippen LogP contribution in [0.15, 0.2) is 65.9 Å². The van der Waals surface area contributed by atoms with E-state index in [0.717, 1.165) is 33.3 Å². The molecule has 0 radical (unpaired) electrons. The predicted octanol–water partition coefficient (Wildman–Crippen LogP) is 4.04. The Bertz CT molecular complexity index is 1390. The maximum absolute atomic E-state index is 13.6. The fourth-order valence-corrected chi connectivity index (χ4v) is 4.29. The van der Waals surface area contributed by atoms with Gasteiger partial charge in [-0.25, -0.2) is 4.39 Å². The van der Waals surface area contributed by atoms with Gasteiger partial charge in [0.2, 0.25) is 0 Å². The van der Waals surface area contributed by atoms with Crippen molar-refractivity contribution < 1.29 is 9.18 Å². The number of nitriles is 1. The molecule has 152 valence electrons. The van der Waals surface area contributed by atoms with Crippen LogP contribution in [0.2, 0.25) is 0 Å². The Balaban J connectivity index is 1.57. The van der Waals surface area contributed by atoms with Gasteiger partial charge in [0.1, 0.15) is 17.9 Å². The zero-order chi connectivity index (χ0) is 21.5. The van der Waals surface area contributed by atoms with Crippen LogP contribution in [0, 0.1) is 17.1 Å². The number of fused-ring (bicyclic) bond motifs is 2. The lowest BCUT2D eigenvalue weighted by Crippen LogP contribution is -2.28. The Morgan fingerprint density at radius 3 is 2.84 bits per heavy atom. The van der Waals surface area contributed by atoms with E-state index in [1.54, 1.807) is 29.1 Å². The highest BCUT2D eigenvalue weighted by atomic mass is 19.1. The summed E-state index contributed by atoms with van der Waals surface area (Å²) in [5.74, 6) is -0.366. The van der Waals surface area contributed by atoms with Crippen LogP contribution in [0.4, 0.5) is 4.39 Å². The Morgan fingerprint density at radius 1 is 1.26 bits per heavy atom. The zero-order valence-electron chi connectivity index (χ0n) is 16.8. The summed E-state index contributed by atoms with van der Waals surface area (Å²) >= 11 is 0. The van der Waals surface area contributed by atoms with Crippen LogP contribution < -0.4 is 0 Å². The maximum Gasteiger partial charge on any atom is 0.165 e. The predicted molar refractivity (Wildman–Crippen MR) is 113 cm³/mol. The van der Waals surface area contributed by atoms with Gasteiger partial charge in [-0.1, -0.05) is 23.8 Å². The van der Waals surface area contributed by atoms with Gasteiger partial charge in [-0.3, -0.25) is 14.6 Å². The minimum atomic E-state index is -0.503. The number of halogens is 1. The van der Waals surface area contributed by atoms with Crippen molar-refractivity contribution in [1.82, 2.24) is 20.0 Å². The summed E-state index contributed by atoms with van der Waals surface area (Å²) in [6, 6.07) is 15.2. The molecular formula is C24H18FN5O. The fourth-order valence-electron chi connectivity index (χ4n) is 4.29. The molecule has 5 rings (SSSR count). The molecule has 4 aromatic rings. The third kappa shape index (κ3) is 3.32. The fraction of sp³-hybridized carbons (Fsp3) is 0.167. The number of Topliss-reactive ketones (excluding diaryl/α,β-unsaturated/α-hetero) is 1. The average molecular weight is 411 g/mol. The normalized spacial score (nSPS) is 15.7. The van der Waals surface area contributed by atoms with Gasteiger partial charge in [0.25, 0.3) is 0 Å². The quantitative estimate of drug-likeness (QED) is 0.549. The number of nitrogens with zero attached hydrogens (tertiary/aromatic N) is 4. The Morgan fingerprint density at radius 2 is 2.06 bits per heavy atom. The number of nitrogens with one attached hydrogen (secondary N) is 1. The lowest BCUT2D eigenvalue weighted by Gasteiger charge is -2.29. The van der Waals surface area contributed by atoms with Gasteiger partial charge in [-0.05, 0) is 48.4 Å². The van der Waals surface area contributed by atoms with Crippen LogP contribution in [0.3, 0.4) is 0 Å². The van der Waals surface area contributed by atoms with Crippen molar-refractivity contribution in [3.63, 3.8) is 0 Å². The number of allylic oxidation sites excluding steroid dienone is 2. The number of carbonyl (C=O) groups is 1. The number of hydrogen-bond donors (Lipinski definition) is 1. The first-order valence-electron chi connectivity index (χ1n) is 9.92. The highest BCUT2D eigenvalue weighted by molar-refractivity contribution is 5.99. The van der Waals surface area contributed by atoms with E-state index >= 15 is 0 Å². The molecule has 1 N–H and O–H groups in total. The molecular weight excluding hydrogens is 393 g/mol. The lowest BCUT2D eigenvalue weighted by molar-refractivity contribution is -0.115. The van der Waals surface area contributed by atoms with Crippen molar-refractivity contribution in [2.45, 2.75) is 25.8 Å². The minimum Gasteiger partial charge on any atom is -0.294 e. The standard InChI is InChI=1S/C24H18FN5O/c1-14-8-20-11-19(12-26)29-30(20)24(16-3-5-18(25)6-4-16)23(14)22(31)10-15-2-7-21-17(9-15)13-27-28-21/h2-7,9,11,13,24H,8,10H2,1H3,(H,27,28). The van der Waals surface area contributed by atoms with Gasteiger partial charge in [-0.15, -0.1) is 0 Å². The van der Waals surface area contributed by atoms with Crippen LogP contribution >= 0.6 is 0 Å². The molecule has 1 aliphatic heterocycles. The van der Waals surface area contributed by atoms with E-state index in [9.17, 15) is 14.4 Å². The lowest BCUT2D eigenvalue weighted by atomic mass is 9.85. The molecule has 31 heavy (non-hydrogen) atoms. The highest BCUT2D eigenvalue weighted by Crippen LogP contribution is 2.36. The maximum atomic E-state index is 13.6. The van der Waals surface area contributed by atoms with E-state index in [4.69, 9.17) is 0 Å². The highest BCUT2D eigenvalue weighted by Gasteiger charge is 2.33. The van der Waals surface area contributed by atoms with Gasteiger partial charge in [0.05, 0.1) is 11.7 Å². The number of H-pyrrole nitrogens is 1. The topological polar surface area (TPSA) is 87.4 Å². The SMILES string of the molecule is CC1=C(C(=O)Cc2ccc3[nH]ncc3c2)C(c2ccc(F)cc2)n2nc(C#N)cc2C1. The summed E-state index contributed by atoms with van der Waals surface area (Å²) in [6.45, 7) is 1.94. The number of carbonyl (C=O) groups excluding carboxylic acids is 1. The molecule has 0 saturated heterocycles. The van der Waals surface area contributed by atoms with E-state index in [2.05, 4.69) is 21.4 Å². The van der Waals surface area contributed by atoms with Crippen molar-refractivity contribution >= 4 is 16.7 Å². The van der Waals surface area contributed by atoms with Gasteiger partial charge < -0.3 is 0 Å². The van der Waals surface area contributed by atoms with Crippen LogP contribution in [0.1, 0.15) is 35.5 Å². The van der Waals surface area contributed by atoms with Crippen LogP contribution in [0.5, 0.6) is 0 Å². The van der Waals surface area contributed by atoms with Crippen LogP contribution in [0.25, 0.3) is 10.9 Å². The van der Waals surface area contributed by atoms with Crippen molar-refractivity contribution in [2.24, 2.45) is 0 Å². The van der Waals surface area contributed by atoms with Crippen molar-refractivity contribution in [1.29, 1.82) is 5.26 Å². The van der Waals surface area contributed by atoms with Crippen LogP contribution in [-0.2, 0) is 17.6 Å². The van der Waals surface area contributed by atoms with E-state index < -0.39 is 6.04 Å². The number of rotatable bonds is 4. The number of ketones is 1. The van der Waals surface area contributed by atoms with Gasteiger partial charge in [-0.2, -0.15) is 15.5 Å². The molecule has 0 amide bonds. The molecule has 7 heteroatoms.